The summed E-state index contributed by atoms with van der Waals surface area (Å²) >= 11 is 5.85. The average molecular weight is 157 g/mol. The summed E-state index contributed by atoms with van der Waals surface area (Å²) in [6.45, 7) is 4.16. The van der Waals surface area contributed by atoms with Crippen LogP contribution < -0.4 is 0 Å². The van der Waals surface area contributed by atoms with Crippen molar-refractivity contribution >= 4 is 11.6 Å². The van der Waals surface area contributed by atoms with Gasteiger partial charge in [0.1, 0.15) is 0 Å². The average Bonchev–Trinajstić information content (AvgIpc) is 1.88. The van der Waals surface area contributed by atoms with Crippen LogP contribution in [0, 0.1) is 0 Å². The molecular formula is C9H13Cl. The summed E-state index contributed by atoms with van der Waals surface area (Å²) in [4.78, 5) is 0. The van der Waals surface area contributed by atoms with Crippen molar-refractivity contribution in [1.29, 1.82) is 0 Å². The van der Waals surface area contributed by atoms with E-state index in [9.17, 15) is 0 Å². The second kappa shape index (κ2) is 3.25. The molecule has 0 spiro atoms. The van der Waals surface area contributed by atoms with Gasteiger partial charge in [0, 0.05) is 5.03 Å². The highest BCUT2D eigenvalue weighted by Crippen LogP contribution is 2.26. The summed E-state index contributed by atoms with van der Waals surface area (Å²) in [6, 6.07) is 0. The molecule has 56 valence electrons. The monoisotopic (exact) mass is 156 g/mol. The highest BCUT2D eigenvalue weighted by Gasteiger charge is 2.05. The summed E-state index contributed by atoms with van der Waals surface area (Å²) in [5.41, 5.74) is 2.91. The first-order chi connectivity index (χ1) is 4.70. The third kappa shape index (κ3) is 1.88. The van der Waals surface area contributed by atoms with Crippen LogP contribution in [0.5, 0.6) is 0 Å². The van der Waals surface area contributed by atoms with Crippen LogP contribution in [0.2, 0.25) is 0 Å². The zero-order valence-electron chi connectivity index (χ0n) is 6.58. The molecule has 1 heteroatoms. The molecule has 0 aliphatic heterocycles. The Labute approximate surface area is 67.6 Å². The Morgan fingerprint density at radius 1 is 1.50 bits per heavy atom. The zero-order chi connectivity index (χ0) is 7.56. The fourth-order valence-electron chi connectivity index (χ4n) is 1.16. The second-order valence-corrected chi connectivity index (χ2v) is 3.46. The third-order valence-electron chi connectivity index (χ3n) is 2.01. The van der Waals surface area contributed by atoms with Crippen LogP contribution in [0.15, 0.2) is 22.3 Å². The first-order valence-corrected chi connectivity index (χ1v) is 4.07. The molecule has 1 rings (SSSR count). The molecule has 0 atom stereocenters. The van der Waals surface area contributed by atoms with Crippen LogP contribution in [0.4, 0.5) is 0 Å². The van der Waals surface area contributed by atoms with E-state index in [0.29, 0.717) is 0 Å². The molecule has 0 nitrogen and oxygen atoms in total. The van der Waals surface area contributed by atoms with Gasteiger partial charge in [-0.25, -0.2) is 0 Å². The number of rotatable bonds is 0. The van der Waals surface area contributed by atoms with E-state index < -0.39 is 0 Å². The number of halogens is 1. The van der Waals surface area contributed by atoms with Crippen molar-refractivity contribution in [3.63, 3.8) is 0 Å². The summed E-state index contributed by atoms with van der Waals surface area (Å²) < 4.78 is 0. The molecular weight excluding hydrogens is 144 g/mol. The maximum Gasteiger partial charge on any atom is 0.0145 e. The van der Waals surface area contributed by atoms with Crippen molar-refractivity contribution in [2.75, 3.05) is 0 Å². The molecule has 0 aromatic heterocycles. The molecule has 0 radical (unpaired) electrons. The third-order valence-corrected chi connectivity index (χ3v) is 2.27. The van der Waals surface area contributed by atoms with Crippen molar-refractivity contribution in [1.82, 2.24) is 0 Å². The van der Waals surface area contributed by atoms with Crippen LogP contribution in [0.3, 0.4) is 0 Å². The minimum atomic E-state index is 0.990. The molecule has 0 fully saturated rings. The quantitative estimate of drug-likeness (QED) is 0.470. The fourth-order valence-corrected chi connectivity index (χ4v) is 1.33. The van der Waals surface area contributed by atoms with Crippen LogP contribution in [0.1, 0.15) is 33.1 Å². The molecule has 0 aromatic rings. The smallest absolute Gasteiger partial charge is 0.0145 e. The maximum atomic E-state index is 5.85. The van der Waals surface area contributed by atoms with Crippen LogP contribution >= 0.6 is 11.6 Å². The van der Waals surface area contributed by atoms with Gasteiger partial charge in [-0.2, -0.15) is 0 Å². The number of hydrogen-bond acceptors (Lipinski definition) is 0. The normalized spacial score (nSPS) is 24.1. The molecule has 0 unspecified atom stereocenters. The second-order valence-electron chi connectivity index (χ2n) is 2.89. The molecule has 0 N–H and O–H groups in total. The maximum absolute atomic E-state index is 5.85. The Hall–Kier alpha value is -0.230. The Bertz CT molecular complexity index is 183. The van der Waals surface area contributed by atoms with Crippen molar-refractivity contribution in [2.45, 2.75) is 33.1 Å². The number of hydrogen-bond donors (Lipinski definition) is 0. The van der Waals surface area contributed by atoms with Crippen molar-refractivity contribution < 1.29 is 0 Å². The Balaban J connectivity index is 2.67. The van der Waals surface area contributed by atoms with Gasteiger partial charge in [-0.1, -0.05) is 28.8 Å². The first kappa shape index (κ1) is 7.87. The summed E-state index contributed by atoms with van der Waals surface area (Å²) in [6.07, 6.45) is 5.70. The molecule has 10 heavy (non-hydrogen) atoms. The van der Waals surface area contributed by atoms with E-state index >= 15 is 0 Å². The SMILES string of the molecule is CC1=CC/C(=C(/C)Cl)CC1. The van der Waals surface area contributed by atoms with E-state index in [4.69, 9.17) is 11.6 Å². The first-order valence-electron chi connectivity index (χ1n) is 3.70. The lowest BCUT2D eigenvalue weighted by Crippen LogP contribution is -1.92. The van der Waals surface area contributed by atoms with Crippen molar-refractivity contribution in [3.8, 4) is 0 Å². The van der Waals surface area contributed by atoms with Crippen LogP contribution in [-0.4, -0.2) is 0 Å². The molecule has 1 aliphatic carbocycles. The molecule has 1 aliphatic rings. The van der Waals surface area contributed by atoms with Gasteiger partial charge in [0.05, 0.1) is 0 Å². The van der Waals surface area contributed by atoms with Crippen LogP contribution in [0.25, 0.3) is 0 Å². The lowest BCUT2D eigenvalue weighted by Gasteiger charge is -2.12. The van der Waals surface area contributed by atoms with Gasteiger partial charge in [0.15, 0.2) is 0 Å². The zero-order valence-corrected chi connectivity index (χ0v) is 7.33. The molecule has 0 aromatic carbocycles. The Morgan fingerprint density at radius 3 is 2.60 bits per heavy atom. The van der Waals surface area contributed by atoms with Crippen LogP contribution in [-0.2, 0) is 0 Å². The summed E-state index contributed by atoms with van der Waals surface area (Å²) in [5, 5.41) is 0.990. The standard InChI is InChI=1S/C9H13Cl/c1-7-3-5-9(6-4-7)8(2)10/h3H,4-6H2,1-2H3/b9-8+. The van der Waals surface area contributed by atoms with Gasteiger partial charge < -0.3 is 0 Å². The molecule has 0 amide bonds. The minimum absolute atomic E-state index is 0.990. The van der Waals surface area contributed by atoms with Gasteiger partial charge in [0.2, 0.25) is 0 Å². The Morgan fingerprint density at radius 2 is 2.20 bits per heavy atom. The molecule has 0 heterocycles. The highest BCUT2D eigenvalue weighted by molar-refractivity contribution is 6.29. The van der Waals surface area contributed by atoms with Crippen molar-refractivity contribution in [2.24, 2.45) is 0 Å². The predicted molar refractivity (Wildman–Crippen MR) is 46.2 cm³/mol. The molecule has 0 saturated carbocycles. The minimum Gasteiger partial charge on any atom is -0.0895 e. The van der Waals surface area contributed by atoms with E-state index in [1.165, 1.54) is 17.6 Å². The Kier molecular flexibility index (Phi) is 2.56. The predicted octanol–water partition coefficient (Wildman–Crippen LogP) is 3.63. The number of allylic oxidation sites excluding steroid dienone is 4. The van der Waals surface area contributed by atoms with Gasteiger partial charge >= 0.3 is 0 Å². The largest absolute Gasteiger partial charge is 0.0895 e. The lowest BCUT2D eigenvalue weighted by molar-refractivity contribution is 0.843. The van der Waals surface area contributed by atoms with E-state index in [1.54, 1.807) is 0 Å². The molecule has 0 bridgehead atoms. The van der Waals surface area contributed by atoms with Gasteiger partial charge in [0.25, 0.3) is 0 Å². The topological polar surface area (TPSA) is 0 Å². The fraction of sp³-hybridized carbons (Fsp3) is 0.556. The van der Waals surface area contributed by atoms with Gasteiger partial charge in [-0.3, -0.25) is 0 Å². The summed E-state index contributed by atoms with van der Waals surface area (Å²) in [5.74, 6) is 0. The van der Waals surface area contributed by atoms with E-state index in [1.807, 2.05) is 6.92 Å². The van der Waals surface area contributed by atoms with Gasteiger partial charge in [-0.05, 0) is 33.1 Å². The molecule has 0 saturated heterocycles. The summed E-state index contributed by atoms with van der Waals surface area (Å²) in [7, 11) is 0. The van der Waals surface area contributed by atoms with E-state index in [2.05, 4.69) is 13.0 Å². The van der Waals surface area contributed by atoms with E-state index in [0.717, 1.165) is 17.9 Å². The van der Waals surface area contributed by atoms with E-state index in [-0.39, 0.29) is 0 Å². The highest BCUT2D eigenvalue weighted by atomic mass is 35.5. The van der Waals surface area contributed by atoms with Gasteiger partial charge in [-0.15, -0.1) is 0 Å². The van der Waals surface area contributed by atoms with Crippen molar-refractivity contribution in [3.05, 3.63) is 22.3 Å². The lowest BCUT2D eigenvalue weighted by atomic mass is 9.96.